The Morgan fingerprint density at radius 2 is 1.94 bits per heavy atom. The molecule has 1 atom stereocenters. The summed E-state index contributed by atoms with van der Waals surface area (Å²) in [5.74, 6) is -0.428. The van der Waals surface area contributed by atoms with E-state index >= 15 is 0 Å². The topological polar surface area (TPSA) is 81.7 Å². The Labute approximate surface area is 101 Å². The van der Waals surface area contributed by atoms with Crippen molar-refractivity contribution in [2.45, 2.75) is 45.3 Å². The van der Waals surface area contributed by atoms with Crippen LogP contribution in [0.15, 0.2) is 0 Å². The molecule has 0 aromatic carbocycles. The average molecular weight is 245 g/mol. The number of nitrogens with one attached hydrogen (secondary N) is 1. The zero-order chi connectivity index (χ0) is 13.5. The van der Waals surface area contributed by atoms with Crippen molar-refractivity contribution in [2.24, 2.45) is 0 Å². The van der Waals surface area contributed by atoms with Crippen molar-refractivity contribution in [3.8, 4) is 0 Å². The quantitative estimate of drug-likeness (QED) is 0.578. The molecule has 6 heteroatoms. The van der Waals surface area contributed by atoms with Gasteiger partial charge in [-0.05, 0) is 27.2 Å². The number of carbonyl (C=O) groups is 3. The Hall–Kier alpha value is -1.59. The van der Waals surface area contributed by atoms with Crippen molar-refractivity contribution >= 4 is 18.3 Å². The van der Waals surface area contributed by atoms with Gasteiger partial charge < -0.3 is 19.6 Å². The van der Waals surface area contributed by atoms with E-state index in [2.05, 4.69) is 10.1 Å². The van der Waals surface area contributed by atoms with Gasteiger partial charge in [0.05, 0.1) is 13.2 Å². The van der Waals surface area contributed by atoms with Gasteiger partial charge in [0.1, 0.15) is 11.9 Å². The van der Waals surface area contributed by atoms with Crippen LogP contribution in [-0.4, -0.2) is 37.1 Å². The Bertz CT molecular complexity index is 282. The predicted octanol–water partition coefficient (Wildman–Crippen LogP) is 1.03. The Kier molecular flexibility index (Phi) is 6.23. The van der Waals surface area contributed by atoms with Crippen LogP contribution in [0.25, 0.3) is 0 Å². The highest BCUT2D eigenvalue weighted by Gasteiger charge is 2.19. The number of carbonyl (C=O) groups excluding carboxylic acids is 3. The molecule has 0 radical (unpaired) electrons. The number of ether oxygens (including phenoxy) is 2. The molecule has 0 aromatic heterocycles. The normalized spacial score (nSPS) is 12.5. The van der Waals surface area contributed by atoms with Gasteiger partial charge >= 0.3 is 12.1 Å². The smallest absolute Gasteiger partial charge is 0.408 e. The summed E-state index contributed by atoms with van der Waals surface area (Å²) in [6.07, 6.45) is 0.136. The first kappa shape index (κ1) is 15.4. The van der Waals surface area contributed by atoms with Crippen LogP contribution in [0.5, 0.6) is 0 Å². The maximum Gasteiger partial charge on any atom is 0.408 e. The molecule has 6 nitrogen and oxygen atoms in total. The fourth-order valence-electron chi connectivity index (χ4n) is 1.01. The summed E-state index contributed by atoms with van der Waals surface area (Å²) in [7, 11) is 1.26. The van der Waals surface area contributed by atoms with E-state index in [1.54, 1.807) is 20.8 Å². The molecule has 0 fully saturated rings. The molecule has 0 aliphatic heterocycles. The van der Waals surface area contributed by atoms with Crippen LogP contribution in [-0.2, 0) is 19.1 Å². The van der Waals surface area contributed by atoms with Gasteiger partial charge in [-0.1, -0.05) is 0 Å². The van der Waals surface area contributed by atoms with Gasteiger partial charge in [0, 0.05) is 6.42 Å². The van der Waals surface area contributed by atoms with Gasteiger partial charge in [0.15, 0.2) is 0 Å². The van der Waals surface area contributed by atoms with Gasteiger partial charge in [-0.3, -0.25) is 4.79 Å². The number of hydrogen-bond acceptors (Lipinski definition) is 5. The van der Waals surface area contributed by atoms with E-state index in [0.717, 1.165) is 0 Å². The molecule has 0 aliphatic carbocycles. The average Bonchev–Trinajstić information content (AvgIpc) is 2.20. The molecule has 0 spiro atoms. The van der Waals surface area contributed by atoms with E-state index in [9.17, 15) is 14.4 Å². The summed E-state index contributed by atoms with van der Waals surface area (Å²) in [4.78, 5) is 32.9. The summed E-state index contributed by atoms with van der Waals surface area (Å²) in [6.45, 7) is 5.16. The standard InChI is InChI=1S/C11H19NO5/c1-11(2,3)17-10(15)12-8(7-13)5-6-9(14)16-4/h7-8H,5-6H2,1-4H3,(H,12,15)/t8-/m0/s1. The van der Waals surface area contributed by atoms with Gasteiger partial charge in [0.25, 0.3) is 0 Å². The van der Waals surface area contributed by atoms with E-state index < -0.39 is 23.7 Å². The molecule has 1 amide bonds. The minimum atomic E-state index is -0.746. The third-order valence-corrected chi connectivity index (χ3v) is 1.75. The molecule has 0 rings (SSSR count). The highest BCUT2D eigenvalue weighted by atomic mass is 16.6. The number of alkyl carbamates (subject to hydrolysis) is 1. The minimum absolute atomic E-state index is 0.0652. The fraction of sp³-hybridized carbons (Fsp3) is 0.727. The summed E-state index contributed by atoms with van der Waals surface area (Å²) >= 11 is 0. The fourth-order valence-corrected chi connectivity index (χ4v) is 1.01. The predicted molar refractivity (Wildman–Crippen MR) is 60.5 cm³/mol. The number of amides is 1. The summed E-state index contributed by atoms with van der Waals surface area (Å²) in [5.41, 5.74) is -0.625. The third-order valence-electron chi connectivity index (χ3n) is 1.75. The zero-order valence-electron chi connectivity index (χ0n) is 10.6. The lowest BCUT2D eigenvalue weighted by molar-refractivity contribution is -0.140. The first-order chi connectivity index (χ1) is 7.78. The van der Waals surface area contributed by atoms with Crippen molar-refractivity contribution in [3.63, 3.8) is 0 Å². The lowest BCUT2D eigenvalue weighted by Gasteiger charge is -2.21. The molecule has 0 heterocycles. The molecule has 1 N–H and O–H groups in total. The van der Waals surface area contributed by atoms with Gasteiger partial charge in [-0.2, -0.15) is 0 Å². The molecule has 0 aromatic rings. The molecule has 0 bridgehead atoms. The molecule has 0 unspecified atom stereocenters. The molecule has 98 valence electrons. The molecule has 0 aliphatic rings. The van der Waals surface area contributed by atoms with Crippen LogP contribution >= 0.6 is 0 Å². The number of rotatable bonds is 5. The number of methoxy groups -OCH3 is 1. The van der Waals surface area contributed by atoms with Crippen LogP contribution in [0.1, 0.15) is 33.6 Å². The first-order valence-corrected chi connectivity index (χ1v) is 5.30. The van der Waals surface area contributed by atoms with Gasteiger partial charge in [-0.15, -0.1) is 0 Å². The largest absolute Gasteiger partial charge is 0.469 e. The van der Waals surface area contributed by atoms with E-state index in [4.69, 9.17) is 4.74 Å². The third kappa shape index (κ3) is 8.24. The van der Waals surface area contributed by atoms with Gasteiger partial charge in [0.2, 0.25) is 0 Å². The molecular formula is C11H19NO5. The molecule has 0 saturated heterocycles. The van der Waals surface area contributed by atoms with Crippen LogP contribution in [0.4, 0.5) is 4.79 Å². The summed E-state index contributed by atoms with van der Waals surface area (Å²) < 4.78 is 9.41. The zero-order valence-corrected chi connectivity index (χ0v) is 10.6. The monoisotopic (exact) mass is 245 g/mol. The maximum absolute atomic E-state index is 11.3. The lowest BCUT2D eigenvalue weighted by atomic mass is 10.2. The second-order valence-electron chi connectivity index (χ2n) is 4.50. The highest BCUT2D eigenvalue weighted by Crippen LogP contribution is 2.07. The van der Waals surface area contributed by atoms with Gasteiger partial charge in [-0.25, -0.2) is 4.79 Å². The number of aldehydes is 1. The van der Waals surface area contributed by atoms with Crippen molar-refractivity contribution in [2.75, 3.05) is 7.11 Å². The van der Waals surface area contributed by atoms with Crippen molar-refractivity contribution in [3.05, 3.63) is 0 Å². The van der Waals surface area contributed by atoms with Crippen molar-refractivity contribution in [1.82, 2.24) is 5.32 Å². The highest BCUT2D eigenvalue weighted by molar-refractivity contribution is 5.74. The summed E-state index contributed by atoms with van der Waals surface area (Å²) in [6, 6.07) is -0.746. The van der Waals surface area contributed by atoms with Crippen LogP contribution in [0.3, 0.4) is 0 Å². The first-order valence-electron chi connectivity index (χ1n) is 5.30. The lowest BCUT2D eigenvalue weighted by Crippen LogP contribution is -2.40. The van der Waals surface area contributed by atoms with Crippen molar-refractivity contribution < 1.29 is 23.9 Å². The molecular weight excluding hydrogens is 226 g/mol. The minimum Gasteiger partial charge on any atom is -0.469 e. The van der Waals surface area contributed by atoms with E-state index in [0.29, 0.717) is 6.29 Å². The Morgan fingerprint density at radius 1 is 1.35 bits per heavy atom. The molecule has 17 heavy (non-hydrogen) atoms. The van der Waals surface area contributed by atoms with Crippen LogP contribution < -0.4 is 5.32 Å². The Balaban J connectivity index is 4.09. The van der Waals surface area contributed by atoms with Crippen LogP contribution in [0, 0.1) is 0 Å². The second kappa shape index (κ2) is 6.88. The van der Waals surface area contributed by atoms with E-state index in [1.807, 2.05) is 0 Å². The van der Waals surface area contributed by atoms with Crippen molar-refractivity contribution in [1.29, 1.82) is 0 Å². The maximum atomic E-state index is 11.3. The second-order valence-corrected chi connectivity index (χ2v) is 4.50. The SMILES string of the molecule is COC(=O)CC[C@@H](C=O)NC(=O)OC(C)(C)C. The van der Waals surface area contributed by atoms with Crippen LogP contribution in [0.2, 0.25) is 0 Å². The molecule has 0 saturated carbocycles. The Morgan fingerprint density at radius 3 is 2.35 bits per heavy atom. The summed E-state index contributed by atoms with van der Waals surface area (Å²) in [5, 5.41) is 2.37. The number of esters is 1. The van der Waals surface area contributed by atoms with E-state index in [-0.39, 0.29) is 12.8 Å². The number of hydrogen-bond donors (Lipinski definition) is 1. The van der Waals surface area contributed by atoms with E-state index in [1.165, 1.54) is 7.11 Å².